The molecule has 1 aliphatic rings. The Hall–Kier alpha value is -0.960. The van der Waals surface area contributed by atoms with Crippen molar-refractivity contribution in [3.63, 3.8) is 0 Å². The molecule has 94 valence electrons. The lowest BCUT2D eigenvalue weighted by atomic mass is 9.84. The highest BCUT2D eigenvalue weighted by Gasteiger charge is 2.20. The standard InChI is InChI=1S/C14H23N3/c1-11-16-10-13(8-5-9-15)14(17-11)12-6-3-2-4-7-12/h10,12H,2-9,15H2,1H3. The van der Waals surface area contributed by atoms with Gasteiger partial charge < -0.3 is 5.73 Å². The van der Waals surface area contributed by atoms with Gasteiger partial charge in [0.2, 0.25) is 0 Å². The van der Waals surface area contributed by atoms with Crippen molar-refractivity contribution in [2.75, 3.05) is 6.54 Å². The van der Waals surface area contributed by atoms with Gasteiger partial charge in [-0.25, -0.2) is 9.97 Å². The van der Waals surface area contributed by atoms with Gasteiger partial charge in [-0.05, 0) is 44.7 Å². The number of aryl methyl sites for hydroxylation is 2. The minimum Gasteiger partial charge on any atom is -0.330 e. The van der Waals surface area contributed by atoms with Crippen LogP contribution in [-0.2, 0) is 6.42 Å². The van der Waals surface area contributed by atoms with Crippen LogP contribution in [-0.4, -0.2) is 16.5 Å². The molecule has 3 nitrogen and oxygen atoms in total. The third-order valence-electron chi connectivity index (χ3n) is 3.66. The minimum absolute atomic E-state index is 0.665. The van der Waals surface area contributed by atoms with Crippen molar-refractivity contribution >= 4 is 0 Å². The van der Waals surface area contributed by atoms with Crippen molar-refractivity contribution in [3.05, 3.63) is 23.3 Å². The van der Waals surface area contributed by atoms with E-state index < -0.39 is 0 Å². The van der Waals surface area contributed by atoms with Crippen molar-refractivity contribution in [2.45, 2.75) is 57.8 Å². The van der Waals surface area contributed by atoms with E-state index in [1.165, 1.54) is 43.4 Å². The van der Waals surface area contributed by atoms with Crippen molar-refractivity contribution in [2.24, 2.45) is 5.73 Å². The molecule has 1 heterocycles. The van der Waals surface area contributed by atoms with Crippen LogP contribution >= 0.6 is 0 Å². The molecule has 0 atom stereocenters. The van der Waals surface area contributed by atoms with Gasteiger partial charge >= 0.3 is 0 Å². The Labute approximate surface area is 104 Å². The summed E-state index contributed by atoms with van der Waals surface area (Å²) in [7, 11) is 0. The molecule has 0 aliphatic heterocycles. The number of nitrogens with two attached hydrogens (primary N) is 1. The third-order valence-corrected chi connectivity index (χ3v) is 3.66. The molecule has 0 spiro atoms. The molecule has 1 aromatic heterocycles. The molecule has 2 rings (SSSR count). The Kier molecular flexibility index (Phi) is 4.49. The summed E-state index contributed by atoms with van der Waals surface area (Å²) in [6.07, 6.45) is 10.8. The maximum atomic E-state index is 5.59. The molecule has 1 fully saturated rings. The largest absolute Gasteiger partial charge is 0.330 e. The van der Waals surface area contributed by atoms with Gasteiger partial charge in [-0.2, -0.15) is 0 Å². The molecule has 0 saturated heterocycles. The predicted molar refractivity (Wildman–Crippen MR) is 70.0 cm³/mol. The first-order valence-corrected chi connectivity index (χ1v) is 6.83. The van der Waals surface area contributed by atoms with Crippen LogP contribution in [0.5, 0.6) is 0 Å². The Morgan fingerprint density at radius 2 is 2.06 bits per heavy atom. The van der Waals surface area contributed by atoms with Crippen LogP contribution in [0.15, 0.2) is 6.20 Å². The first kappa shape index (κ1) is 12.5. The van der Waals surface area contributed by atoms with E-state index >= 15 is 0 Å². The molecular formula is C14H23N3. The van der Waals surface area contributed by atoms with E-state index in [-0.39, 0.29) is 0 Å². The lowest BCUT2D eigenvalue weighted by Gasteiger charge is -2.23. The van der Waals surface area contributed by atoms with Crippen molar-refractivity contribution < 1.29 is 0 Å². The first-order valence-electron chi connectivity index (χ1n) is 6.83. The van der Waals surface area contributed by atoms with Crippen LogP contribution in [0.25, 0.3) is 0 Å². The van der Waals surface area contributed by atoms with Gasteiger partial charge in [-0.15, -0.1) is 0 Å². The molecule has 0 radical (unpaired) electrons. The highest BCUT2D eigenvalue weighted by molar-refractivity contribution is 5.22. The normalized spacial score (nSPS) is 17.3. The van der Waals surface area contributed by atoms with E-state index in [1.807, 2.05) is 13.1 Å². The highest BCUT2D eigenvalue weighted by Crippen LogP contribution is 2.33. The van der Waals surface area contributed by atoms with E-state index in [4.69, 9.17) is 10.7 Å². The van der Waals surface area contributed by atoms with Gasteiger partial charge in [0, 0.05) is 12.1 Å². The first-order chi connectivity index (χ1) is 8.31. The second-order valence-electron chi connectivity index (χ2n) is 5.05. The Morgan fingerprint density at radius 1 is 1.29 bits per heavy atom. The molecule has 2 N–H and O–H groups in total. The van der Waals surface area contributed by atoms with Crippen LogP contribution in [0.1, 0.15) is 61.5 Å². The third kappa shape index (κ3) is 3.25. The number of aromatic nitrogens is 2. The van der Waals surface area contributed by atoms with Crippen molar-refractivity contribution in [3.8, 4) is 0 Å². The van der Waals surface area contributed by atoms with Crippen molar-refractivity contribution in [1.82, 2.24) is 9.97 Å². The zero-order chi connectivity index (χ0) is 12.1. The summed E-state index contributed by atoms with van der Waals surface area (Å²) >= 11 is 0. The summed E-state index contributed by atoms with van der Waals surface area (Å²) in [5.41, 5.74) is 8.23. The lowest BCUT2D eigenvalue weighted by molar-refractivity contribution is 0.432. The van der Waals surface area contributed by atoms with Crippen LogP contribution in [0.2, 0.25) is 0 Å². The number of hydrogen-bond acceptors (Lipinski definition) is 3. The second kappa shape index (κ2) is 6.10. The molecular weight excluding hydrogens is 210 g/mol. The SMILES string of the molecule is Cc1ncc(CCCN)c(C2CCCCC2)n1. The summed E-state index contributed by atoms with van der Waals surface area (Å²) in [4.78, 5) is 9.03. The van der Waals surface area contributed by atoms with Gasteiger partial charge in [0.25, 0.3) is 0 Å². The predicted octanol–water partition coefficient (Wildman–Crippen LogP) is 2.72. The summed E-state index contributed by atoms with van der Waals surface area (Å²) in [6, 6.07) is 0. The second-order valence-corrected chi connectivity index (χ2v) is 5.05. The highest BCUT2D eigenvalue weighted by atomic mass is 14.9. The Balaban J connectivity index is 2.19. The quantitative estimate of drug-likeness (QED) is 0.870. The monoisotopic (exact) mass is 233 g/mol. The molecule has 0 unspecified atom stereocenters. The molecule has 0 amide bonds. The van der Waals surface area contributed by atoms with E-state index in [0.29, 0.717) is 5.92 Å². The van der Waals surface area contributed by atoms with Crippen LogP contribution in [0, 0.1) is 6.92 Å². The summed E-state index contributed by atoms with van der Waals surface area (Å²) in [5, 5.41) is 0. The Morgan fingerprint density at radius 3 is 2.76 bits per heavy atom. The number of rotatable bonds is 4. The van der Waals surface area contributed by atoms with Crippen LogP contribution in [0.4, 0.5) is 0 Å². The fourth-order valence-electron chi connectivity index (χ4n) is 2.73. The summed E-state index contributed by atoms with van der Waals surface area (Å²) in [6.45, 7) is 2.73. The van der Waals surface area contributed by atoms with E-state index in [1.54, 1.807) is 0 Å². The van der Waals surface area contributed by atoms with E-state index in [0.717, 1.165) is 25.2 Å². The number of nitrogens with zero attached hydrogens (tertiary/aromatic N) is 2. The van der Waals surface area contributed by atoms with Gasteiger partial charge in [-0.3, -0.25) is 0 Å². The number of hydrogen-bond donors (Lipinski definition) is 1. The minimum atomic E-state index is 0.665. The maximum Gasteiger partial charge on any atom is 0.125 e. The van der Waals surface area contributed by atoms with Crippen molar-refractivity contribution in [1.29, 1.82) is 0 Å². The fraction of sp³-hybridized carbons (Fsp3) is 0.714. The zero-order valence-corrected chi connectivity index (χ0v) is 10.8. The smallest absolute Gasteiger partial charge is 0.125 e. The lowest BCUT2D eigenvalue weighted by Crippen LogP contribution is -2.12. The average Bonchev–Trinajstić information content (AvgIpc) is 2.38. The molecule has 0 bridgehead atoms. The molecule has 17 heavy (non-hydrogen) atoms. The average molecular weight is 233 g/mol. The zero-order valence-electron chi connectivity index (χ0n) is 10.8. The van der Waals surface area contributed by atoms with Crippen LogP contribution in [0.3, 0.4) is 0 Å². The van der Waals surface area contributed by atoms with Gasteiger partial charge in [0.15, 0.2) is 0 Å². The maximum absolute atomic E-state index is 5.59. The molecule has 1 saturated carbocycles. The molecule has 1 aliphatic carbocycles. The summed E-state index contributed by atoms with van der Waals surface area (Å²) < 4.78 is 0. The van der Waals surface area contributed by atoms with E-state index in [2.05, 4.69) is 4.98 Å². The molecule has 3 heteroatoms. The van der Waals surface area contributed by atoms with Gasteiger partial charge in [0.05, 0.1) is 5.69 Å². The van der Waals surface area contributed by atoms with Gasteiger partial charge in [-0.1, -0.05) is 19.3 Å². The summed E-state index contributed by atoms with van der Waals surface area (Å²) in [5.74, 6) is 1.57. The molecule has 0 aromatic carbocycles. The molecule has 1 aromatic rings. The topological polar surface area (TPSA) is 51.8 Å². The van der Waals surface area contributed by atoms with Crippen LogP contribution < -0.4 is 5.73 Å². The van der Waals surface area contributed by atoms with E-state index in [9.17, 15) is 0 Å². The fourth-order valence-corrected chi connectivity index (χ4v) is 2.73. The Bertz CT molecular complexity index is 356. The van der Waals surface area contributed by atoms with Gasteiger partial charge in [0.1, 0.15) is 5.82 Å².